The first-order valence-corrected chi connectivity index (χ1v) is 6.85. The first-order chi connectivity index (χ1) is 9.32. The van der Waals surface area contributed by atoms with Gasteiger partial charge < -0.3 is 4.90 Å². The van der Waals surface area contributed by atoms with E-state index in [-0.39, 0.29) is 19.0 Å². The Labute approximate surface area is 120 Å². The Morgan fingerprint density at radius 2 is 2.15 bits per heavy atom. The molecule has 0 bridgehead atoms. The van der Waals surface area contributed by atoms with Crippen LogP contribution in [0.5, 0.6) is 0 Å². The highest BCUT2D eigenvalue weighted by molar-refractivity contribution is 6.30. The fraction of sp³-hybridized carbons (Fsp3) is 0.500. The number of hydrogen-bond acceptors (Lipinski definition) is 1. The maximum Gasteiger partial charge on any atom is 0.471 e. The van der Waals surface area contributed by atoms with Crippen molar-refractivity contribution in [3.63, 3.8) is 0 Å². The van der Waals surface area contributed by atoms with Gasteiger partial charge in [0.2, 0.25) is 0 Å². The van der Waals surface area contributed by atoms with E-state index in [1.165, 1.54) is 0 Å². The largest absolute Gasteiger partial charge is 0.471 e. The molecule has 110 valence electrons. The van der Waals surface area contributed by atoms with Crippen LogP contribution in [-0.2, 0) is 11.2 Å². The molecule has 1 heterocycles. The van der Waals surface area contributed by atoms with Crippen LogP contribution in [-0.4, -0.2) is 30.1 Å². The van der Waals surface area contributed by atoms with Gasteiger partial charge in [0.1, 0.15) is 0 Å². The average molecular weight is 306 g/mol. The molecule has 20 heavy (non-hydrogen) atoms. The molecule has 1 aromatic rings. The fourth-order valence-corrected chi connectivity index (χ4v) is 2.78. The van der Waals surface area contributed by atoms with Crippen molar-refractivity contribution >= 4 is 17.5 Å². The van der Waals surface area contributed by atoms with E-state index >= 15 is 0 Å². The molecule has 0 fully saturated rings. The van der Waals surface area contributed by atoms with Gasteiger partial charge in [-0.2, -0.15) is 13.2 Å². The molecule has 1 amide bonds. The highest BCUT2D eigenvalue weighted by Gasteiger charge is 2.43. The summed E-state index contributed by atoms with van der Waals surface area (Å²) in [5.74, 6) is -1.87. The topological polar surface area (TPSA) is 20.3 Å². The standard InChI is InChI=1S/C14H15ClF3NO/c1-2-9-8-19(13(20)14(16,17)18)6-5-10-3-4-11(15)7-12(9)10/h3-4,7,9H,2,5-6,8H2,1H3. The third-order valence-electron chi connectivity index (χ3n) is 3.66. The molecular formula is C14H15ClF3NO. The van der Waals surface area contributed by atoms with Crippen molar-refractivity contribution < 1.29 is 18.0 Å². The number of nitrogens with zero attached hydrogens (tertiary/aromatic N) is 1. The van der Waals surface area contributed by atoms with E-state index in [9.17, 15) is 18.0 Å². The van der Waals surface area contributed by atoms with Crippen molar-refractivity contribution in [2.75, 3.05) is 13.1 Å². The molecule has 1 unspecified atom stereocenters. The average Bonchev–Trinajstić information content (AvgIpc) is 2.55. The Balaban J connectivity index is 2.30. The second-order valence-electron chi connectivity index (χ2n) is 4.95. The number of halogens is 4. The number of amides is 1. The number of benzene rings is 1. The summed E-state index contributed by atoms with van der Waals surface area (Å²) >= 11 is 5.96. The minimum atomic E-state index is -4.81. The van der Waals surface area contributed by atoms with Gasteiger partial charge in [0.25, 0.3) is 0 Å². The van der Waals surface area contributed by atoms with E-state index in [1.54, 1.807) is 12.1 Å². The van der Waals surface area contributed by atoms with Crippen LogP contribution >= 0.6 is 11.6 Å². The lowest BCUT2D eigenvalue weighted by atomic mass is 9.92. The van der Waals surface area contributed by atoms with Gasteiger partial charge in [0, 0.05) is 24.0 Å². The Hall–Kier alpha value is -1.23. The zero-order valence-electron chi connectivity index (χ0n) is 11.0. The van der Waals surface area contributed by atoms with Gasteiger partial charge >= 0.3 is 12.1 Å². The summed E-state index contributed by atoms with van der Waals surface area (Å²) < 4.78 is 37.7. The minimum absolute atomic E-state index is 0.0855. The van der Waals surface area contributed by atoms with Crippen LogP contribution in [0.15, 0.2) is 18.2 Å². The maximum atomic E-state index is 12.6. The van der Waals surface area contributed by atoms with Crippen molar-refractivity contribution in [3.05, 3.63) is 34.3 Å². The van der Waals surface area contributed by atoms with E-state index in [0.717, 1.165) is 16.0 Å². The second kappa shape index (κ2) is 5.64. The highest BCUT2D eigenvalue weighted by atomic mass is 35.5. The number of fused-ring (bicyclic) bond motifs is 1. The highest BCUT2D eigenvalue weighted by Crippen LogP contribution is 2.31. The quantitative estimate of drug-likeness (QED) is 0.773. The molecule has 1 aliphatic heterocycles. The molecule has 0 saturated heterocycles. The van der Waals surface area contributed by atoms with Gasteiger partial charge in [0.15, 0.2) is 0 Å². The Bertz CT molecular complexity index is 516. The molecule has 0 aromatic heterocycles. The summed E-state index contributed by atoms with van der Waals surface area (Å²) in [6, 6.07) is 5.36. The van der Waals surface area contributed by atoms with E-state index in [1.807, 2.05) is 13.0 Å². The van der Waals surface area contributed by atoms with Crippen LogP contribution in [0, 0.1) is 0 Å². The summed E-state index contributed by atoms with van der Waals surface area (Å²) in [7, 11) is 0. The van der Waals surface area contributed by atoms with Gasteiger partial charge in [-0.1, -0.05) is 24.6 Å². The predicted molar refractivity (Wildman–Crippen MR) is 70.8 cm³/mol. The van der Waals surface area contributed by atoms with Crippen LogP contribution in [0.1, 0.15) is 30.4 Å². The van der Waals surface area contributed by atoms with Gasteiger partial charge in [-0.15, -0.1) is 0 Å². The third-order valence-corrected chi connectivity index (χ3v) is 3.90. The molecule has 2 nitrogen and oxygen atoms in total. The van der Waals surface area contributed by atoms with Gasteiger partial charge in [0.05, 0.1) is 0 Å². The first-order valence-electron chi connectivity index (χ1n) is 6.47. The van der Waals surface area contributed by atoms with Crippen molar-refractivity contribution in [2.24, 2.45) is 0 Å². The molecular weight excluding hydrogens is 291 g/mol. The van der Waals surface area contributed by atoms with Crippen molar-refractivity contribution in [3.8, 4) is 0 Å². The van der Waals surface area contributed by atoms with Crippen LogP contribution < -0.4 is 0 Å². The van der Waals surface area contributed by atoms with Crippen molar-refractivity contribution in [2.45, 2.75) is 31.9 Å². The summed E-state index contributed by atoms with van der Waals surface area (Å²) in [6.45, 7) is 2.07. The van der Waals surface area contributed by atoms with Crippen LogP contribution in [0.2, 0.25) is 5.02 Å². The lowest BCUT2D eigenvalue weighted by Gasteiger charge is -2.25. The number of hydrogen-bond donors (Lipinski definition) is 0. The van der Waals surface area contributed by atoms with E-state index in [0.29, 0.717) is 17.9 Å². The number of alkyl halides is 3. The Morgan fingerprint density at radius 3 is 2.75 bits per heavy atom. The van der Waals surface area contributed by atoms with E-state index in [4.69, 9.17) is 11.6 Å². The lowest BCUT2D eigenvalue weighted by Crippen LogP contribution is -2.43. The predicted octanol–water partition coefficient (Wildman–Crippen LogP) is 3.78. The van der Waals surface area contributed by atoms with Crippen molar-refractivity contribution in [1.82, 2.24) is 4.90 Å². The fourth-order valence-electron chi connectivity index (χ4n) is 2.60. The molecule has 0 radical (unpaired) electrons. The van der Waals surface area contributed by atoms with Crippen LogP contribution in [0.4, 0.5) is 13.2 Å². The summed E-state index contributed by atoms with van der Waals surface area (Å²) in [4.78, 5) is 12.3. The zero-order chi connectivity index (χ0) is 14.9. The molecule has 1 atom stereocenters. The molecule has 2 rings (SSSR count). The molecule has 0 N–H and O–H groups in total. The zero-order valence-corrected chi connectivity index (χ0v) is 11.8. The summed E-state index contributed by atoms with van der Waals surface area (Å²) in [5.41, 5.74) is 1.93. The lowest BCUT2D eigenvalue weighted by molar-refractivity contribution is -0.185. The number of rotatable bonds is 1. The number of carbonyl (C=O) groups is 1. The van der Waals surface area contributed by atoms with E-state index < -0.39 is 12.1 Å². The monoisotopic (exact) mass is 305 g/mol. The van der Waals surface area contributed by atoms with Gasteiger partial charge in [-0.3, -0.25) is 4.79 Å². The summed E-state index contributed by atoms with van der Waals surface area (Å²) in [6.07, 6.45) is -3.73. The molecule has 1 aliphatic rings. The molecule has 6 heteroatoms. The van der Waals surface area contributed by atoms with Crippen LogP contribution in [0.3, 0.4) is 0 Å². The normalized spacial score (nSPS) is 19.4. The maximum absolute atomic E-state index is 12.6. The van der Waals surface area contributed by atoms with Gasteiger partial charge in [-0.05, 0) is 36.1 Å². The van der Waals surface area contributed by atoms with Crippen molar-refractivity contribution in [1.29, 1.82) is 0 Å². The summed E-state index contributed by atoms with van der Waals surface area (Å²) in [5, 5.41) is 0.567. The van der Waals surface area contributed by atoms with Crippen LogP contribution in [0.25, 0.3) is 0 Å². The molecule has 0 saturated carbocycles. The first kappa shape index (κ1) is 15.2. The molecule has 0 aliphatic carbocycles. The Kier molecular flexibility index (Phi) is 4.28. The molecule has 1 aromatic carbocycles. The smallest absolute Gasteiger partial charge is 0.334 e. The third kappa shape index (κ3) is 3.08. The van der Waals surface area contributed by atoms with Gasteiger partial charge in [-0.25, -0.2) is 0 Å². The SMILES string of the molecule is CCC1CN(C(=O)C(F)(F)F)CCc2ccc(Cl)cc21. The Morgan fingerprint density at radius 1 is 1.45 bits per heavy atom. The minimum Gasteiger partial charge on any atom is -0.334 e. The molecule has 0 spiro atoms. The number of carbonyl (C=O) groups excluding carboxylic acids is 1. The second-order valence-corrected chi connectivity index (χ2v) is 5.38. The van der Waals surface area contributed by atoms with E-state index in [2.05, 4.69) is 0 Å².